The molecule has 0 atom stereocenters. The molecule has 2 aromatic rings. The molecule has 1 aromatic heterocycles. The lowest BCUT2D eigenvalue weighted by Gasteiger charge is -2.30. The summed E-state index contributed by atoms with van der Waals surface area (Å²) < 4.78 is 5.53. The van der Waals surface area contributed by atoms with Gasteiger partial charge in [0.15, 0.2) is 0 Å². The Hall–Kier alpha value is -2.76. The van der Waals surface area contributed by atoms with Gasteiger partial charge in [-0.15, -0.1) is 0 Å². The fourth-order valence-corrected chi connectivity index (χ4v) is 3.63. The third-order valence-corrected chi connectivity index (χ3v) is 5.37. The second-order valence-corrected chi connectivity index (χ2v) is 7.74. The van der Waals surface area contributed by atoms with Gasteiger partial charge in [-0.2, -0.15) is 0 Å². The van der Waals surface area contributed by atoms with E-state index in [-0.39, 0.29) is 17.7 Å². The molecule has 2 N–H and O–H groups in total. The highest BCUT2D eigenvalue weighted by atomic mass is 16.3. The van der Waals surface area contributed by atoms with Gasteiger partial charge in [0.1, 0.15) is 11.5 Å². The van der Waals surface area contributed by atoms with Crippen LogP contribution in [0.15, 0.2) is 34.7 Å². The number of nitrogens with zero attached hydrogens (tertiary/aromatic N) is 1. The summed E-state index contributed by atoms with van der Waals surface area (Å²) in [6.45, 7) is 4.09. The van der Waals surface area contributed by atoms with E-state index >= 15 is 0 Å². The number of rotatable bonds is 6. The number of piperidine rings is 1. The van der Waals surface area contributed by atoms with Crippen LogP contribution in [0.1, 0.15) is 54.0 Å². The molecule has 6 heteroatoms. The zero-order valence-electron chi connectivity index (χ0n) is 16.3. The van der Waals surface area contributed by atoms with Crippen LogP contribution in [0.5, 0.6) is 0 Å². The minimum absolute atomic E-state index is 0.0787. The summed E-state index contributed by atoms with van der Waals surface area (Å²) in [5, 5.41) is 5.95. The third-order valence-electron chi connectivity index (χ3n) is 5.37. The standard InChI is InChI=1S/C22H27N3O3/c1-15-5-9-18(28-15)14-23-22(27)19-10-8-17(24-21(26)16-6-7-16)13-20(19)25-11-3-2-4-12-25/h5,8-10,13,16H,2-4,6-7,11-12,14H2,1H3,(H,23,27)(H,24,26). The van der Waals surface area contributed by atoms with Crippen molar-refractivity contribution >= 4 is 23.2 Å². The maximum absolute atomic E-state index is 12.9. The fraction of sp³-hybridized carbons (Fsp3) is 0.455. The first-order valence-corrected chi connectivity index (χ1v) is 10.1. The van der Waals surface area contributed by atoms with Crippen LogP contribution in [0.3, 0.4) is 0 Å². The number of hydrogen-bond acceptors (Lipinski definition) is 4. The van der Waals surface area contributed by atoms with Crippen LogP contribution in [0.25, 0.3) is 0 Å². The van der Waals surface area contributed by atoms with Gasteiger partial charge >= 0.3 is 0 Å². The van der Waals surface area contributed by atoms with Crippen molar-refractivity contribution in [2.45, 2.75) is 45.6 Å². The number of carbonyl (C=O) groups is 2. The monoisotopic (exact) mass is 381 g/mol. The summed E-state index contributed by atoms with van der Waals surface area (Å²) in [6.07, 6.45) is 5.39. The molecule has 148 valence electrons. The van der Waals surface area contributed by atoms with Crippen LogP contribution in [0, 0.1) is 12.8 Å². The van der Waals surface area contributed by atoms with Crippen molar-refractivity contribution in [3.63, 3.8) is 0 Å². The van der Waals surface area contributed by atoms with Crippen molar-refractivity contribution in [2.24, 2.45) is 5.92 Å². The second-order valence-electron chi connectivity index (χ2n) is 7.74. The molecular weight excluding hydrogens is 354 g/mol. The first kappa shape index (κ1) is 18.6. The molecule has 1 saturated heterocycles. The Morgan fingerprint density at radius 2 is 1.89 bits per heavy atom. The topological polar surface area (TPSA) is 74.6 Å². The lowest BCUT2D eigenvalue weighted by Crippen LogP contribution is -2.32. The number of carbonyl (C=O) groups excluding carboxylic acids is 2. The summed E-state index contributed by atoms with van der Waals surface area (Å²) in [6, 6.07) is 9.34. The summed E-state index contributed by atoms with van der Waals surface area (Å²) in [4.78, 5) is 27.3. The van der Waals surface area contributed by atoms with Gasteiger partial charge in [0, 0.05) is 24.7 Å². The number of anilines is 2. The molecule has 2 heterocycles. The van der Waals surface area contributed by atoms with Crippen LogP contribution in [0.4, 0.5) is 11.4 Å². The Labute approximate surface area is 165 Å². The van der Waals surface area contributed by atoms with Crippen molar-refractivity contribution in [3.05, 3.63) is 47.4 Å². The van der Waals surface area contributed by atoms with Crippen LogP contribution >= 0.6 is 0 Å². The first-order valence-electron chi connectivity index (χ1n) is 10.1. The van der Waals surface area contributed by atoms with Gasteiger partial charge in [-0.25, -0.2) is 0 Å². The van der Waals surface area contributed by atoms with Gasteiger partial charge in [0.25, 0.3) is 5.91 Å². The summed E-state index contributed by atoms with van der Waals surface area (Å²) in [7, 11) is 0. The van der Waals surface area contributed by atoms with E-state index in [4.69, 9.17) is 4.42 Å². The molecule has 2 fully saturated rings. The summed E-state index contributed by atoms with van der Waals surface area (Å²) in [5.41, 5.74) is 2.28. The Morgan fingerprint density at radius 1 is 1.11 bits per heavy atom. The van der Waals surface area contributed by atoms with E-state index in [0.717, 1.165) is 61.7 Å². The van der Waals surface area contributed by atoms with Crippen LogP contribution in [-0.2, 0) is 11.3 Å². The quantitative estimate of drug-likeness (QED) is 0.797. The SMILES string of the molecule is Cc1ccc(CNC(=O)c2ccc(NC(=O)C3CC3)cc2N2CCCCC2)o1. The van der Waals surface area contributed by atoms with Gasteiger partial charge in [0.05, 0.1) is 17.8 Å². The number of hydrogen-bond donors (Lipinski definition) is 2. The molecule has 1 aromatic carbocycles. The molecule has 0 spiro atoms. The molecule has 0 radical (unpaired) electrons. The predicted octanol–water partition coefficient (Wildman–Crippen LogP) is 3.86. The smallest absolute Gasteiger partial charge is 0.253 e. The lowest BCUT2D eigenvalue weighted by molar-refractivity contribution is -0.117. The van der Waals surface area contributed by atoms with E-state index in [0.29, 0.717) is 12.1 Å². The van der Waals surface area contributed by atoms with Gasteiger partial charge in [0.2, 0.25) is 5.91 Å². The van der Waals surface area contributed by atoms with Gasteiger partial charge in [-0.3, -0.25) is 9.59 Å². The number of nitrogens with one attached hydrogen (secondary N) is 2. The van der Waals surface area contributed by atoms with Crippen LogP contribution in [0.2, 0.25) is 0 Å². The van der Waals surface area contributed by atoms with Gasteiger partial charge in [-0.1, -0.05) is 0 Å². The van der Waals surface area contributed by atoms with Gasteiger partial charge in [-0.05, 0) is 69.4 Å². The van der Waals surface area contributed by atoms with E-state index in [2.05, 4.69) is 15.5 Å². The van der Waals surface area contributed by atoms with Crippen molar-refractivity contribution in [3.8, 4) is 0 Å². The van der Waals surface area contributed by atoms with E-state index in [1.165, 1.54) is 6.42 Å². The average Bonchev–Trinajstić information content (AvgIpc) is 3.49. The van der Waals surface area contributed by atoms with Crippen molar-refractivity contribution in [1.82, 2.24) is 5.32 Å². The molecule has 0 unspecified atom stereocenters. The Kier molecular flexibility index (Phi) is 5.37. The van der Waals surface area contributed by atoms with E-state index in [1.54, 1.807) is 0 Å². The molecule has 1 aliphatic heterocycles. The first-order chi connectivity index (χ1) is 13.6. The second kappa shape index (κ2) is 8.09. The molecule has 6 nitrogen and oxygen atoms in total. The largest absolute Gasteiger partial charge is 0.465 e. The minimum atomic E-state index is -0.130. The van der Waals surface area contributed by atoms with E-state index in [9.17, 15) is 9.59 Å². The highest BCUT2D eigenvalue weighted by Crippen LogP contribution is 2.32. The Bertz CT molecular complexity index is 864. The average molecular weight is 381 g/mol. The fourth-order valence-electron chi connectivity index (χ4n) is 3.63. The van der Waals surface area contributed by atoms with Crippen molar-refractivity contribution in [1.29, 1.82) is 0 Å². The summed E-state index contributed by atoms with van der Waals surface area (Å²) in [5.74, 6) is 1.66. The van der Waals surface area contributed by atoms with Crippen LogP contribution in [-0.4, -0.2) is 24.9 Å². The zero-order chi connectivity index (χ0) is 19.5. The number of benzene rings is 1. The van der Waals surface area contributed by atoms with Crippen LogP contribution < -0.4 is 15.5 Å². The van der Waals surface area contributed by atoms with E-state index < -0.39 is 0 Å². The number of amides is 2. The lowest BCUT2D eigenvalue weighted by atomic mass is 10.1. The predicted molar refractivity (Wildman–Crippen MR) is 108 cm³/mol. The summed E-state index contributed by atoms with van der Waals surface area (Å²) >= 11 is 0. The zero-order valence-corrected chi connectivity index (χ0v) is 16.3. The molecular formula is C22H27N3O3. The van der Waals surface area contributed by atoms with Crippen molar-refractivity contribution < 1.29 is 14.0 Å². The molecule has 2 amide bonds. The molecule has 1 saturated carbocycles. The Balaban J connectivity index is 1.53. The maximum Gasteiger partial charge on any atom is 0.253 e. The molecule has 28 heavy (non-hydrogen) atoms. The highest BCUT2D eigenvalue weighted by molar-refractivity contribution is 6.02. The number of aryl methyl sites for hydroxylation is 1. The molecule has 1 aliphatic carbocycles. The normalized spacial score (nSPS) is 16.7. The highest BCUT2D eigenvalue weighted by Gasteiger charge is 2.30. The molecule has 0 bridgehead atoms. The number of furan rings is 1. The van der Waals surface area contributed by atoms with Gasteiger partial charge < -0.3 is 20.0 Å². The van der Waals surface area contributed by atoms with E-state index in [1.807, 2.05) is 37.3 Å². The third kappa shape index (κ3) is 4.38. The molecule has 4 rings (SSSR count). The Morgan fingerprint density at radius 3 is 2.57 bits per heavy atom. The van der Waals surface area contributed by atoms with Crippen molar-refractivity contribution in [2.75, 3.05) is 23.3 Å². The maximum atomic E-state index is 12.9. The molecule has 2 aliphatic rings. The minimum Gasteiger partial charge on any atom is -0.465 e.